The number of anilines is 1. The minimum absolute atomic E-state index is 0.179. The Morgan fingerprint density at radius 2 is 1.93 bits per heavy atom. The van der Waals surface area contributed by atoms with Crippen molar-refractivity contribution in [1.82, 2.24) is 4.90 Å². The van der Waals surface area contributed by atoms with E-state index in [-0.39, 0.29) is 4.91 Å². The molecule has 5 nitrogen and oxygen atoms in total. The molecular weight excluding hydrogens is 391 g/mol. The van der Waals surface area contributed by atoms with Crippen molar-refractivity contribution in [2.45, 2.75) is 6.92 Å². The normalized spacial score (nSPS) is 15.5. The highest BCUT2D eigenvalue weighted by Crippen LogP contribution is 2.32. The lowest BCUT2D eigenvalue weighted by Crippen LogP contribution is -2.36. The van der Waals surface area contributed by atoms with Crippen molar-refractivity contribution >= 4 is 52.2 Å². The molecule has 1 fully saturated rings. The number of imide groups is 1. The van der Waals surface area contributed by atoms with Crippen molar-refractivity contribution in [3.8, 4) is 0 Å². The summed E-state index contributed by atoms with van der Waals surface area (Å²) in [7, 11) is 0. The summed E-state index contributed by atoms with van der Waals surface area (Å²) in [5.41, 5.74) is 1.90. The molecule has 3 rings (SSSR count). The third kappa shape index (κ3) is 4.56. The first-order chi connectivity index (χ1) is 12.8. The van der Waals surface area contributed by atoms with E-state index in [2.05, 4.69) is 5.32 Å². The number of benzene rings is 2. The first-order valence-corrected chi connectivity index (χ1v) is 9.10. The molecule has 0 radical (unpaired) electrons. The van der Waals surface area contributed by atoms with E-state index < -0.39 is 29.4 Å². The highest BCUT2D eigenvalue weighted by molar-refractivity contribution is 8.18. The Hall–Kier alpha value is -2.64. The van der Waals surface area contributed by atoms with Gasteiger partial charge < -0.3 is 5.32 Å². The Bertz CT molecular complexity index is 960. The van der Waals surface area contributed by atoms with Gasteiger partial charge in [0.15, 0.2) is 0 Å². The second-order valence-electron chi connectivity index (χ2n) is 5.83. The van der Waals surface area contributed by atoms with Gasteiger partial charge in [0.25, 0.3) is 11.1 Å². The van der Waals surface area contributed by atoms with Crippen LogP contribution in [0.2, 0.25) is 5.02 Å². The molecule has 0 aliphatic carbocycles. The molecule has 2 aromatic rings. The molecule has 0 bridgehead atoms. The van der Waals surface area contributed by atoms with E-state index in [1.165, 1.54) is 30.3 Å². The Balaban J connectivity index is 1.71. The molecule has 1 aliphatic heterocycles. The number of hydrogen-bond acceptors (Lipinski definition) is 4. The fraction of sp³-hybridized carbons (Fsp3) is 0.105. The molecule has 3 amide bonds. The minimum Gasteiger partial charge on any atom is -0.324 e. The van der Waals surface area contributed by atoms with E-state index in [0.29, 0.717) is 16.3 Å². The third-order valence-corrected chi connectivity index (χ3v) is 4.96. The van der Waals surface area contributed by atoms with E-state index in [1.807, 2.05) is 0 Å². The van der Waals surface area contributed by atoms with E-state index in [1.54, 1.807) is 25.1 Å². The summed E-state index contributed by atoms with van der Waals surface area (Å²) in [5.74, 6) is -1.47. The predicted octanol–water partition coefficient (Wildman–Crippen LogP) is 4.46. The molecule has 1 saturated heterocycles. The number of halogens is 2. The number of hydrogen-bond donors (Lipinski definition) is 1. The second kappa shape index (κ2) is 7.94. The van der Waals surface area contributed by atoms with Gasteiger partial charge in [-0.15, -0.1) is 0 Å². The summed E-state index contributed by atoms with van der Waals surface area (Å²) in [6, 6.07) is 10.6. The summed E-state index contributed by atoms with van der Waals surface area (Å²) in [6.45, 7) is 1.40. The van der Waals surface area contributed by atoms with E-state index in [0.717, 1.165) is 22.2 Å². The zero-order chi connectivity index (χ0) is 19.6. The quantitative estimate of drug-likeness (QED) is 0.764. The fourth-order valence-electron chi connectivity index (χ4n) is 2.41. The van der Waals surface area contributed by atoms with Crippen LogP contribution < -0.4 is 5.32 Å². The van der Waals surface area contributed by atoms with E-state index in [9.17, 15) is 18.8 Å². The van der Waals surface area contributed by atoms with Gasteiger partial charge in [-0.2, -0.15) is 0 Å². The van der Waals surface area contributed by atoms with Gasteiger partial charge in [0.2, 0.25) is 5.91 Å². The first kappa shape index (κ1) is 19.1. The fourth-order valence-corrected chi connectivity index (χ4v) is 3.42. The Morgan fingerprint density at radius 1 is 1.22 bits per heavy atom. The summed E-state index contributed by atoms with van der Waals surface area (Å²) in [4.78, 5) is 37.9. The number of carbonyl (C=O) groups excluding carboxylic acids is 3. The number of nitrogens with zero attached hydrogens (tertiary/aromatic N) is 1. The van der Waals surface area contributed by atoms with Crippen LogP contribution in [0.1, 0.15) is 11.1 Å². The molecular formula is C19H14ClFN2O3S. The van der Waals surface area contributed by atoms with Crippen LogP contribution in [-0.4, -0.2) is 28.5 Å². The highest BCUT2D eigenvalue weighted by atomic mass is 35.5. The number of carbonyl (C=O) groups is 3. The average molecular weight is 405 g/mol. The van der Waals surface area contributed by atoms with Crippen molar-refractivity contribution in [2.75, 3.05) is 11.9 Å². The molecule has 8 heteroatoms. The lowest BCUT2D eigenvalue weighted by atomic mass is 10.2. The zero-order valence-corrected chi connectivity index (χ0v) is 15.7. The van der Waals surface area contributed by atoms with Crippen LogP contribution in [0.4, 0.5) is 14.9 Å². The van der Waals surface area contributed by atoms with E-state index >= 15 is 0 Å². The first-order valence-electron chi connectivity index (χ1n) is 7.90. The van der Waals surface area contributed by atoms with Crippen LogP contribution in [0.3, 0.4) is 0 Å². The molecule has 1 aliphatic rings. The molecule has 2 aromatic carbocycles. The lowest BCUT2D eigenvalue weighted by molar-refractivity contribution is -0.127. The van der Waals surface area contributed by atoms with Crippen molar-refractivity contribution in [3.05, 3.63) is 69.3 Å². The van der Waals surface area contributed by atoms with Crippen LogP contribution in [-0.2, 0) is 9.59 Å². The van der Waals surface area contributed by atoms with Crippen molar-refractivity contribution in [3.63, 3.8) is 0 Å². The molecule has 0 spiro atoms. The third-order valence-electron chi connectivity index (χ3n) is 3.82. The molecule has 1 heterocycles. The predicted molar refractivity (Wildman–Crippen MR) is 104 cm³/mol. The van der Waals surface area contributed by atoms with Gasteiger partial charge in [-0.1, -0.05) is 29.8 Å². The standard InChI is InChI=1S/C19H14ClFN2O3S/c1-11-2-5-13(20)9-15(11)22-17(24)10-23-18(25)16(27-19(23)26)8-12-3-6-14(21)7-4-12/h2-9H,10H2,1H3,(H,22,24)/b16-8+. The van der Waals surface area contributed by atoms with Crippen LogP contribution in [0.15, 0.2) is 47.4 Å². The molecule has 0 atom stereocenters. The largest absolute Gasteiger partial charge is 0.324 e. The Labute approximate surface area is 164 Å². The van der Waals surface area contributed by atoms with Crippen molar-refractivity contribution in [2.24, 2.45) is 0 Å². The summed E-state index contributed by atoms with van der Waals surface area (Å²) < 4.78 is 13.0. The second-order valence-corrected chi connectivity index (χ2v) is 7.26. The van der Waals surface area contributed by atoms with Crippen LogP contribution >= 0.6 is 23.4 Å². The van der Waals surface area contributed by atoms with Gasteiger partial charge >= 0.3 is 0 Å². The SMILES string of the molecule is Cc1ccc(Cl)cc1NC(=O)CN1C(=O)S/C(=C/c2ccc(F)cc2)C1=O. The van der Waals surface area contributed by atoms with Crippen LogP contribution in [0, 0.1) is 12.7 Å². The maximum absolute atomic E-state index is 13.0. The topological polar surface area (TPSA) is 66.5 Å². The molecule has 138 valence electrons. The monoisotopic (exact) mass is 404 g/mol. The lowest BCUT2D eigenvalue weighted by Gasteiger charge is -2.13. The molecule has 1 N–H and O–H groups in total. The molecule has 0 unspecified atom stereocenters. The van der Waals surface area contributed by atoms with Crippen LogP contribution in [0.5, 0.6) is 0 Å². The maximum Gasteiger partial charge on any atom is 0.294 e. The van der Waals surface area contributed by atoms with Crippen molar-refractivity contribution in [1.29, 1.82) is 0 Å². The van der Waals surface area contributed by atoms with Gasteiger partial charge in [0.1, 0.15) is 12.4 Å². The number of amides is 3. The number of nitrogens with one attached hydrogen (secondary N) is 1. The minimum atomic E-state index is -0.563. The maximum atomic E-state index is 13.0. The Kier molecular flexibility index (Phi) is 5.62. The summed E-state index contributed by atoms with van der Waals surface area (Å²) in [5, 5.41) is 2.58. The summed E-state index contributed by atoms with van der Waals surface area (Å²) in [6.07, 6.45) is 1.49. The van der Waals surface area contributed by atoms with Crippen LogP contribution in [0.25, 0.3) is 6.08 Å². The zero-order valence-electron chi connectivity index (χ0n) is 14.2. The van der Waals surface area contributed by atoms with E-state index in [4.69, 9.17) is 11.6 Å². The Morgan fingerprint density at radius 3 is 2.63 bits per heavy atom. The summed E-state index contributed by atoms with van der Waals surface area (Å²) >= 11 is 6.66. The number of rotatable bonds is 4. The number of thioether (sulfide) groups is 1. The number of aryl methyl sites for hydroxylation is 1. The average Bonchev–Trinajstić information content (AvgIpc) is 2.87. The van der Waals surface area contributed by atoms with Gasteiger partial charge in [0.05, 0.1) is 4.91 Å². The van der Waals surface area contributed by atoms with Crippen molar-refractivity contribution < 1.29 is 18.8 Å². The van der Waals surface area contributed by atoms with Gasteiger partial charge in [0, 0.05) is 10.7 Å². The van der Waals surface area contributed by atoms with Gasteiger partial charge in [-0.05, 0) is 60.2 Å². The molecule has 27 heavy (non-hydrogen) atoms. The van der Waals surface area contributed by atoms with Gasteiger partial charge in [-0.3, -0.25) is 19.3 Å². The van der Waals surface area contributed by atoms with Gasteiger partial charge in [-0.25, -0.2) is 4.39 Å². The smallest absolute Gasteiger partial charge is 0.294 e. The molecule has 0 aromatic heterocycles. The highest BCUT2D eigenvalue weighted by Gasteiger charge is 2.36. The molecule has 0 saturated carbocycles.